The van der Waals surface area contributed by atoms with Gasteiger partial charge in [0.05, 0.1) is 6.61 Å². The summed E-state index contributed by atoms with van der Waals surface area (Å²) in [5, 5.41) is 13.1. The van der Waals surface area contributed by atoms with Gasteiger partial charge in [-0.3, -0.25) is 9.59 Å². The second kappa shape index (κ2) is 16.4. The number of benzene rings is 5. The van der Waals surface area contributed by atoms with Crippen molar-refractivity contribution in [2.24, 2.45) is 0 Å². The summed E-state index contributed by atoms with van der Waals surface area (Å²) in [5.41, 5.74) is 3.97. The van der Waals surface area contributed by atoms with Gasteiger partial charge in [-0.25, -0.2) is 4.79 Å². The normalized spacial score (nSPS) is 11.5. The monoisotopic (exact) mass is 624 g/mol. The zero-order chi connectivity index (χ0) is 32.8. The Labute approximate surface area is 274 Å². The Bertz CT molecular complexity index is 1790. The standard InChI is InChI=1S/C40H36N2O5/c43-38(26-23-30-13-4-1-5-14-30)42(33-17-8-3-9-18-33)27-12-28-47-34-24-21-31(22-25-34)29-37(40(45)46)41-36-20-11-10-19-35(36)39(44)32-15-6-2-7-16-32/h1-11,13-26,37,41H,12,27-29H2,(H,45,46)/b26-23+/t37-/m0/s1. The molecule has 5 aromatic carbocycles. The van der Waals surface area contributed by atoms with Crippen molar-refractivity contribution in [1.29, 1.82) is 0 Å². The Morgan fingerprint density at radius 1 is 0.745 bits per heavy atom. The minimum absolute atomic E-state index is 0.113. The number of carbonyl (C=O) groups is 3. The van der Waals surface area contributed by atoms with E-state index in [0.29, 0.717) is 42.1 Å². The van der Waals surface area contributed by atoms with Crippen LogP contribution in [0.2, 0.25) is 0 Å². The summed E-state index contributed by atoms with van der Waals surface area (Å²) >= 11 is 0. The highest BCUT2D eigenvalue weighted by molar-refractivity contribution is 6.12. The van der Waals surface area contributed by atoms with Crippen molar-refractivity contribution in [3.05, 3.63) is 168 Å². The Hall–Kier alpha value is -5.95. The first-order valence-corrected chi connectivity index (χ1v) is 15.5. The van der Waals surface area contributed by atoms with Crippen LogP contribution in [-0.4, -0.2) is 42.0 Å². The minimum Gasteiger partial charge on any atom is -0.494 e. The molecule has 1 atom stereocenters. The van der Waals surface area contributed by atoms with E-state index in [2.05, 4.69) is 5.32 Å². The van der Waals surface area contributed by atoms with Crippen molar-refractivity contribution in [3.8, 4) is 5.75 Å². The van der Waals surface area contributed by atoms with Gasteiger partial charge in [0.15, 0.2) is 5.78 Å². The number of hydrogen-bond donors (Lipinski definition) is 2. The third kappa shape index (κ3) is 9.28. The molecule has 236 valence electrons. The highest BCUT2D eigenvalue weighted by atomic mass is 16.5. The van der Waals surface area contributed by atoms with Crippen LogP contribution in [0.25, 0.3) is 6.08 Å². The van der Waals surface area contributed by atoms with E-state index in [4.69, 9.17) is 4.74 Å². The molecular formula is C40H36N2O5. The topological polar surface area (TPSA) is 95.9 Å². The molecule has 0 spiro atoms. The number of hydrogen-bond acceptors (Lipinski definition) is 5. The predicted octanol–water partition coefficient (Wildman–Crippen LogP) is 7.54. The lowest BCUT2D eigenvalue weighted by atomic mass is 10.00. The van der Waals surface area contributed by atoms with Gasteiger partial charge in [-0.1, -0.05) is 103 Å². The summed E-state index contributed by atoms with van der Waals surface area (Å²) in [6, 6.07) is 41.4. The molecule has 7 heteroatoms. The highest BCUT2D eigenvalue weighted by Crippen LogP contribution is 2.22. The van der Waals surface area contributed by atoms with Crippen LogP contribution in [0.3, 0.4) is 0 Å². The maximum Gasteiger partial charge on any atom is 0.326 e. The quantitative estimate of drug-likeness (QED) is 0.0710. The fourth-order valence-electron chi connectivity index (χ4n) is 5.11. The Balaban J connectivity index is 1.16. The van der Waals surface area contributed by atoms with Gasteiger partial charge in [0.25, 0.3) is 5.91 Å². The Morgan fingerprint density at radius 3 is 2.04 bits per heavy atom. The average Bonchev–Trinajstić information content (AvgIpc) is 3.12. The smallest absolute Gasteiger partial charge is 0.326 e. The summed E-state index contributed by atoms with van der Waals surface area (Å²) < 4.78 is 5.96. The number of ketones is 1. The van der Waals surface area contributed by atoms with Crippen LogP contribution in [0.1, 0.15) is 33.5 Å². The number of anilines is 2. The molecule has 2 N–H and O–H groups in total. The fourth-order valence-corrected chi connectivity index (χ4v) is 5.11. The van der Waals surface area contributed by atoms with E-state index in [9.17, 15) is 19.5 Å². The summed E-state index contributed by atoms with van der Waals surface area (Å²) in [6.07, 6.45) is 4.20. The number of carboxylic acids is 1. The van der Waals surface area contributed by atoms with Gasteiger partial charge in [-0.15, -0.1) is 0 Å². The fraction of sp³-hybridized carbons (Fsp3) is 0.125. The molecular weight excluding hydrogens is 588 g/mol. The van der Waals surface area contributed by atoms with Crippen LogP contribution >= 0.6 is 0 Å². The largest absolute Gasteiger partial charge is 0.494 e. The third-order valence-electron chi connectivity index (χ3n) is 7.55. The molecule has 0 saturated carbocycles. The van der Waals surface area contributed by atoms with E-state index < -0.39 is 12.0 Å². The number of para-hydroxylation sites is 2. The number of amides is 1. The van der Waals surface area contributed by atoms with Crippen LogP contribution in [0.15, 0.2) is 146 Å². The van der Waals surface area contributed by atoms with Gasteiger partial charge in [0.1, 0.15) is 11.8 Å². The van der Waals surface area contributed by atoms with Crippen LogP contribution in [0.5, 0.6) is 5.75 Å². The van der Waals surface area contributed by atoms with E-state index >= 15 is 0 Å². The molecule has 0 aliphatic heterocycles. The van der Waals surface area contributed by atoms with Crippen molar-refractivity contribution < 1.29 is 24.2 Å². The second-order valence-corrected chi connectivity index (χ2v) is 10.9. The number of rotatable bonds is 15. The highest BCUT2D eigenvalue weighted by Gasteiger charge is 2.21. The van der Waals surface area contributed by atoms with E-state index in [-0.39, 0.29) is 18.1 Å². The Morgan fingerprint density at radius 2 is 1.36 bits per heavy atom. The zero-order valence-corrected chi connectivity index (χ0v) is 25.9. The van der Waals surface area contributed by atoms with Gasteiger partial charge in [0.2, 0.25) is 0 Å². The molecule has 0 aromatic heterocycles. The lowest BCUT2D eigenvalue weighted by Gasteiger charge is -2.21. The first kappa shape index (κ1) is 32.4. The summed E-state index contributed by atoms with van der Waals surface area (Å²) in [4.78, 5) is 40.2. The molecule has 0 radical (unpaired) electrons. The number of nitrogens with one attached hydrogen (secondary N) is 1. The molecule has 0 aliphatic carbocycles. The number of aliphatic carboxylic acids is 1. The first-order chi connectivity index (χ1) is 23.0. The molecule has 5 rings (SSSR count). The van der Waals surface area contributed by atoms with Crippen molar-refractivity contribution in [1.82, 2.24) is 0 Å². The molecule has 1 amide bonds. The maximum absolute atomic E-state index is 13.1. The SMILES string of the molecule is O=C(c1ccccc1)c1ccccc1N[C@@H](Cc1ccc(OCCCN(C(=O)/C=C/c2ccccc2)c2ccccc2)cc1)C(=O)O. The Kier molecular flexibility index (Phi) is 11.3. The van der Waals surface area contributed by atoms with Crippen molar-refractivity contribution in [2.75, 3.05) is 23.4 Å². The molecule has 0 fully saturated rings. The second-order valence-electron chi connectivity index (χ2n) is 10.9. The summed E-state index contributed by atoms with van der Waals surface area (Å²) in [6.45, 7) is 0.865. The molecule has 0 heterocycles. The van der Waals surface area contributed by atoms with Gasteiger partial charge in [0, 0.05) is 41.5 Å². The lowest BCUT2D eigenvalue weighted by molar-refractivity contribution is -0.137. The van der Waals surface area contributed by atoms with E-state index in [0.717, 1.165) is 16.8 Å². The molecule has 7 nitrogen and oxygen atoms in total. The van der Waals surface area contributed by atoms with Crippen LogP contribution in [0.4, 0.5) is 11.4 Å². The van der Waals surface area contributed by atoms with Gasteiger partial charge < -0.3 is 20.1 Å². The van der Waals surface area contributed by atoms with Crippen molar-refractivity contribution in [2.45, 2.75) is 18.9 Å². The average molecular weight is 625 g/mol. The lowest BCUT2D eigenvalue weighted by Crippen LogP contribution is -2.32. The van der Waals surface area contributed by atoms with Gasteiger partial charge in [-0.05, 0) is 60.0 Å². The molecule has 47 heavy (non-hydrogen) atoms. The zero-order valence-electron chi connectivity index (χ0n) is 25.9. The number of nitrogens with zero attached hydrogens (tertiary/aromatic N) is 1. The first-order valence-electron chi connectivity index (χ1n) is 15.5. The van der Waals surface area contributed by atoms with Crippen LogP contribution < -0.4 is 15.0 Å². The molecule has 0 saturated heterocycles. The number of carboxylic acid groups (broad SMARTS) is 1. The van der Waals surface area contributed by atoms with Crippen LogP contribution in [0, 0.1) is 0 Å². The summed E-state index contributed by atoms with van der Waals surface area (Å²) in [5.74, 6) is -0.672. The molecule has 5 aromatic rings. The van der Waals surface area contributed by atoms with Crippen molar-refractivity contribution in [3.63, 3.8) is 0 Å². The third-order valence-corrected chi connectivity index (χ3v) is 7.55. The van der Waals surface area contributed by atoms with E-state index in [1.807, 2.05) is 97.1 Å². The minimum atomic E-state index is -1.02. The van der Waals surface area contributed by atoms with E-state index in [1.54, 1.807) is 59.5 Å². The number of ether oxygens (including phenoxy) is 1. The maximum atomic E-state index is 13.1. The van der Waals surface area contributed by atoms with Gasteiger partial charge >= 0.3 is 5.97 Å². The predicted molar refractivity (Wildman–Crippen MR) is 186 cm³/mol. The molecule has 0 unspecified atom stereocenters. The van der Waals surface area contributed by atoms with Gasteiger partial charge in [-0.2, -0.15) is 0 Å². The molecule has 0 aliphatic rings. The number of carbonyl (C=O) groups excluding carboxylic acids is 2. The van der Waals surface area contributed by atoms with Crippen molar-refractivity contribution >= 4 is 35.1 Å². The molecule has 0 bridgehead atoms. The van der Waals surface area contributed by atoms with E-state index in [1.165, 1.54) is 0 Å². The summed E-state index contributed by atoms with van der Waals surface area (Å²) in [7, 11) is 0. The van der Waals surface area contributed by atoms with Crippen LogP contribution in [-0.2, 0) is 16.0 Å².